The minimum atomic E-state index is -1.68. The highest BCUT2D eigenvalue weighted by atomic mass is 16.5. The fraction of sp³-hybridized carbons (Fsp3) is 0.595. The number of aromatic amines is 1. The predicted molar refractivity (Wildman–Crippen MR) is 197 cm³/mol. The average Bonchev–Trinajstić information content (AvgIpc) is 3.72. The number of H-pyrrole nitrogens is 1. The summed E-state index contributed by atoms with van der Waals surface area (Å²) in [5, 5.41) is 21.4. The van der Waals surface area contributed by atoms with Gasteiger partial charge in [-0.2, -0.15) is 0 Å². The van der Waals surface area contributed by atoms with Crippen molar-refractivity contribution in [3.8, 4) is 0 Å². The number of amides is 5. The zero-order valence-corrected chi connectivity index (χ0v) is 31.3. The summed E-state index contributed by atoms with van der Waals surface area (Å²) in [5.41, 5.74) is 13.0. The second-order valence-electron chi connectivity index (χ2n) is 14.9. The number of ether oxygens (including phenoxy) is 1. The smallest absolute Gasteiger partial charge is 0.323 e. The van der Waals surface area contributed by atoms with Crippen LogP contribution in [0.3, 0.4) is 0 Å². The number of hydrogen-bond donors (Lipinski definition) is 8. The summed E-state index contributed by atoms with van der Waals surface area (Å²) < 4.78 is 5.65. The number of benzene rings is 1. The topological polar surface area (TPSA) is 268 Å². The van der Waals surface area contributed by atoms with Gasteiger partial charge >= 0.3 is 11.9 Å². The molecule has 17 heteroatoms. The zero-order chi connectivity index (χ0) is 39.7. The molecule has 296 valence electrons. The predicted octanol–water partition coefficient (Wildman–Crippen LogP) is -0.191. The fourth-order valence-corrected chi connectivity index (χ4v) is 6.85. The number of rotatable bonds is 13. The summed E-state index contributed by atoms with van der Waals surface area (Å²) in [6.45, 7) is 7.24. The number of carboxylic acids is 1. The van der Waals surface area contributed by atoms with Crippen molar-refractivity contribution in [3.63, 3.8) is 0 Å². The molecule has 0 radical (unpaired) electrons. The summed E-state index contributed by atoms with van der Waals surface area (Å²) >= 11 is 0. The van der Waals surface area contributed by atoms with Crippen LogP contribution < -0.4 is 32.7 Å². The molecule has 0 bridgehead atoms. The van der Waals surface area contributed by atoms with Crippen LogP contribution in [0, 0.1) is 11.8 Å². The Morgan fingerprint density at radius 3 is 2.24 bits per heavy atom. The molecule has 2 saturated heterocycles. The molecule has 2 fully saturated rings. The molecule has 7 atom stereocenters. The lowest BCUT2D eigenvalue weighted by molar-refractivity contribution is -0.151. The minimum absolute atomic E-state index is 0.0531. The molecule has 2 aliphatic heterocycles. The lowest BCUT2D eigenvalue weighted by Gasteiger charge is -2.30. The highest BCUT2D eigenvalue weighted by molar-refractivity contribution is 5.99. The van der Waals surface area contributed by atoms with Crippen LogP contribution in [0.2, 0.25) is 0 Å². The SMILES string of the molecule is CC(C)C[C@@H]1NC(=O)[C@@H](C(C)C)NC(=O)[C@@H]2C[C@@H](OC(=O)C(N)CCCCN)CN2C(=O)[C@@H](CC(=O)O)NC(=O)[C@@H](Cc2c[nH]c3ccccc23)NC1=O. The van der Waals surface area contributed by atoms with Crippen LogP contribution in [0.15, 0.2) is 30.5 Å². The van der Waals surface area contributed by atoms with Crippen LogP contribution in [0.25, 0.3) is 10.9 Å². The summed E-state index contributed by atoms with van der Waals surface area (Å²) in [6.07, 6.45) is 1.33. The van der Waals surface area contributed by atoms with E-state index in [1.807, 2.05) is 38.1 Å². The molecule has 2 aromatic rings. The van der Waals surface area contributed by atoms with Gasteiger partial charge in [0.2, 0.25) is 29.5 Å². The summed E-state index contributed by atoms with van der Waals surface area (Å²) in [5.74, 6) is -6.58. The second kappa shape index (κ2) is 18.8. The van der Waals surface area contributed by atoms with Crippen molar-refractivity contribution in [1.82, 2.24) is 31.2 Å². The van der Waals surface area contributed by atoms with E-state index in [1.165, 1.54) is 0 Å². The lowest BCUT2D eigenvalue weighted by atomic mass is 9.98. The number of fused-ring (bicyclic) bond motifs is 2. The van der Waals surface area contributed by atoms with Crippen LogP contribution in [-0.2, 0) is 44.7 Å². The molecule has 4 rings (SSSR count). The molecule has 2 aliphatic rings. The average molecular weight is 755 g/mol. The lowest BCUT2D eigenvalue weighted by Crippen LogP contribution is -2.59. The third kappa shape index (κ3) is 10.8. The Hall–Kier alpha value is -5.03. The third-order valence-electron chi connectivity index (χ3n) is 9.72. The maximum absolute atomic E-state index is 14.3. The van der Waals surface area contributed by atoms with Gasteiger partial charge in [0, 0.05) is 29.9 Å². The Morgan fingerprint density at radius 1 is 0.907 bits per heavy atom. The molecule has 54 heavy (non-hydrogen) atoms. The van der Waals surface area contributed by atoms with E-state index in [4.69, 9.17) is 16.2 Å². The van der Waals surface area contributed by atoms with Crippen LogP contribution in [-0.4, -0.2) is 112 Å². The van der Waals surface area contributed by atoms with Crippen LogP contribution in [0.1, 0.15) is 71.8 Å². The maximum Gasteiger partial charge on any atom is 0.323 e. The van der Waals surface area contributed by atoms with E-state index in [-0.39, 0.29) is 31.7 Å². The number of esters is 1. The molecule has 5 amide bonds. The van der Waals surface area contributed by atoms with E-state index >= 15 is 0 Å². The molecule has 17 nitrogen and oxygen atoms in total. The number of nitrogens with two attached hydrogens (primary N) is 2. The number of aliphatic carboxylic acids is 1. The quantitative estimate of drug-likeness (QED) is 0.0981. The highest BCUT2D eigenvalue weighted by Gasteiger charge is 2.46. The first-order valence-corrected chi connectivity index (χ1v) is 18.5. The molecule has 1 aromatic heterocycles. The molecule has 1 unspecified atom stereocenters. The number of carbonyl (C=O) groups is 7. The van der Waals surface area contributed by atoms with Gasteiger partial charge in [0.1, 0.15) is 42.4 Å². The van der Waals surface area contributed by atoms with Crippen molar-refractivity contribution in [2.24, 2.45) is 23.3 Å². The van der Waals surface area contributed by atoms with Crippen LogP contribution in [0.5, 0.6) is 0 Å². The molecular formula is C37H54N8O9. The highest BCUT2D eigenvalue weighted by Crippen LogP contribution is 2.25. The first kappa shape index (κ1) is 41.7. The Balaban J connectivity index is 1.74. The molecule has 0 saturated carbocycles. The van der Waals surface area contributed by atoms with Crippen LogP contribution >= 0.6 is 0 Å². The van der Waals surface area contributed by atoms with Gasteiger partial charge in [-0.3, -0.25) is 33.6 Å². The van der Waals surface area contributed by atoms with Crippen molar-refractivity contribution in [2.75, 3.05) is 13.1 Å². The number of hydrogen-bond acceptors (Lipinski definition) is 10. The molecule has 0 spiro atoms. The number of para-hydroxylation sites is 1. The van der Waals surface area contributed by atoms with Crippen molar-refractivity contribution in [3.05, 3.63) is 36.0 Å². The number of aromatic nitrogens is 1. The zero-order valence-electron chi connectivity index (χ0n) is 31.3. The number of carbonyl (C=O) groups excluding carboxylic acids is 6. The van der Waals surface area contributed by atoms with E-state index in [1.54, 1.807) is 20.0 Å². The number of unbranched alkanes of at least 4 members (excludes halogenated alkanes) is 1. The number of nitrogens with zero attached hydrogens (tertiary/aromatic N) is 1. The number of nitrogens with one attached hydrogen (secondary N) is 5. The molecule has 10 N–H and O–H groups in total. The molecular weight excluding hydrogens is 700 g/mol. The Bertz CT molecular complexity index is 1690. The molecule has 3 heterocycles. The first-order chi connectivity index (χ1) is 25.6. The largest absolute Gasteiger partial charge is 0.481 e. The van der Waals surface area contributed by atoms with Gasteiger partial charge in [0.05, 0.1) is 13.0 Å². The monoisotopic (exact) mass is 754 g/mol. The van der Waals surface area contributed by atoms with E-state index < -0.39 is 96.2 Å². The standard InChI is InChI=1S/C37H54N8O9/c1-19(2)13-26-32(48)41-27(14-21-17-40-25-11-6-5-9-23(21)25)33(49)43-28(16-30(46)47)36(52)45-18-22(54-37(53)24(39)10-7-8-12-38)15-29(45)34(50)44-31(20(3)4)35(51)42-26/h5-6,9,11,17,19-20,22,24,26-29,31,40H,7-8,10,12-16,18,38-39H2,1-4H3,(H,41,48)(H,42,51)(H,43,49)(H,44,50)(H,46,47)/t22-,24?,26+,27-,28-,29+,31-/m1/s1. The number of carboxylic acid groups (broad SMARTS) is 1. The normalized spacial score (nSPS) is 25.0. The minimum Gasteiger partial charge on any atom is -0.481 e. The van der Waals surface area contributed by atoms with Gasteiger partial charge < -0.3 is 52.5 Å². The summed E-state index contributed by atoms with van der Waals surface area (Å²) in [6, 6.07) is -0.228. The van der Waals surface area contributed by atoms with Crippen molar-refractivity contribution < 1.29 is 43.4 Å². The Kier molecular flexibility index (Phi) is 14.5. The van der Waals surface area contributed by atoms with Gasteiger partial charge in [0.15, 0.2) is 0 Å². The van der Waals surface area contributed by atoms with E-state index in [0.717, 1.165) is 15.8 Å². The van der Waals surface area contributed by atoms with Gasteiger partial charge in [-0.25, -0.2) is 0 Å². The van der Waals surface area contributed by atoms with Crippen molar-refractivity contribution >= 4 is 52.4 Å². The Morgan fingerprint density at radius 2 is 1.57 bits per heavy atom. The van der Waals surface area contributed by atoms with Gasteiger partial charge in [-0.1, -0.05) is 52.3 Å². The van der Waals surface area contributed by atoms with Crippen LogP contribution in [0.4, 0.5) is 0 Å². The molecule has 0 aliphatic carbocycles. The third-order valence-corrected chi connectivity index (χ3v) is 9.72. The van der Waals surface area contributed by atoms with E-state index in [2.05, 4.69) is 26.3 Å². The van der Waals surface area contributed by atoms with Crippen molar-refractivity contribution in [2.45, 2.75) is 115 Å². The summed E-state index contributed by atoms with van der Waals surface area (Å²) in [4.78, 5) is 99.3. The maximum atomic E-state index is 14.3. The Labute approximate surface area is 314 Å². The van der Waals surface area contributed by atoms with Gasteiger partial charge in [0.25, 0.3) is 0 Å². The van der Waals surface area contributed by atoms with Crippen molar-refractivity contribution in [1.29, 1.82) is 0 Å². The molecule has 1 aromatic carbocycles. The van der Waals surface area contributed by atoms with E-state index in [0.29, 0.717) is 31.4 Å². The fourth-order valence-electron chi connectivity index (χ4n) is 6.85. The second-order valence-corrected chi connectivity index (χ2v) is 14.9. The van der Waals surface area contributed by atoms with Gasteiger partial charge in [-0.05, 0) is 49.3 Å². The van der Waals surface area contributed by atoms with E-state index in [9.17, 15) is 38.7 Å². The van der Waals surface area contributed by atoms with Gasteiger partial charge in [-0.15, -0.1) is 0 Å². The first-order valence-electron chi connectivity index (χ1n) is 18.5. The summed E-state index contributed by atoms with van der Waals surface area (Å²) in [7, 11) is 0.